The van der Waals surface area contributed by atoms with E-state index < -0.39 is 11.7 Å². The van der Waals surface area contributed by atoms with Crippen LogP contribution in [0.2, 0.25) is 0 Å². The molecule has 5 heteroatoms. The van der Waals surface area contributed by atoms with Crippen molar-refractivity contribution >= 4 is 5.69 Å². The van der Waals surface area contributed by atoms with E-state index in [1.165, 1.54) is 0 Å². The average molecular weight is 290 g/mol. The second kappa shape index (κ2) is 6.02. The third-order valence-corrected chi connectivity index (χ3v) is 3.64. The Labute approximate surface area is 125 Å². The first-order valence-corrected chi connectivity index (χ1v) is 7.12. The van der Waals surface area contributed by atoms with Crippen LogP contribution in [-0.2, 0) is 4.74 Å². The molecule has 1 aliphatic heterocycles. The van der Waals surface area contributed by atoms with Gasteiger partial charge in [-0.05, 0) is 32.9 Å². The molecule has 0 radical (unpaired) electrons. The van der Waals surface area contributed by atoms with Gasteiger partial charge in [0.1, 0.15) is 0 Å². The van der Waals surface area contributed by atoms with Gasteiger partial charge in [-0.1, -0.05) is 6.07 Å². The largest absolute Gasteiger partial charge is 0.394 e. The van der Waals surface area contributed by atoms with E-state index in [2.05, 4.69) is 11.0 Å². The van der Waals surface area contributed by atoms with Crippen LogP contribution < -0.4 is 4.90 Å². The lowest BCUT2D eigenvalue weighted by atomic mass is 10.00. The maximum Gasteiger partial charge on any atom is 0.0992 e. The Kier molecular flexibility index (Phi) is 4.52. The summed E-state index contributed by atoms with van der Waals surface area (Å²) >= 11 is 0. The maximum atomic E-state index is 9.96. The Balaban J connectivity index is 2.41. The summed E-state index contributed by atoms with van der Waals surface area (Å²) < 4.78 is 5.81. The van der Waals surface area contributed by atoms with Crippen LogP contribution in [0.1, 0.15) is 38.0 Å². The van der Waals surface area contributed by atoms with E-state index in [-0.39, 0.29) is 12.7 Å². The number of aliphatic hydroxyl groups is 2. The van der Waals surface area contributed by atoms with E-state index in [9.17, 15) is 10.2 Å². The van der Waals surface area contributed by atoms with Crippen molar-refractivity contribution in [2.75, 3.05) is 24.6 Å². The molecule has 2 atom stereocenters. The predicted molar refractivity (Wildman–Crippen MR) is 80.0 cm³/mol. The van der Waals surface area contributed by atoms with Gasteiger partial charge < -0.3 is 19.8 Å². The summed E-state index contributed by atoms with van der Waals surface area (Å²) in [6.45, 7) is 6.77. The number of benzene rings is 1. The predicted octanol–water partition coefficient (Wildman–Crippen LogP) is 1.59. The summed E-state index contributed by atoms with van der Waals surface area (Å²) in [7, 11) is 0. The number of rotatable bonds is 3. The Morgan fingerprint density at radius 1 is 1.52 bits per heavy atom. The highest BCUT2D eigenvalue weighted by molar-refractivity contribution is 5.59. The van der Waals surface area contributed by atoms with Gasteiger partial charge in [0.05, 0.1) is 36.0 Å². The Hall–Kier alpha value is -1.61. The molecule has 0 aliphatic carbocycles. The lowest BCUT2D eigenvalue weighted by Gasteiger charge is -2.44. The van der Waals surface area contributed by atoms with Gasteiger partial charge in [-0.2, -0.15) is 5.26 Å². The summed E-state index contributed by atoms with van der Waals surface area (Å²) in [5, 5.41) is 28.5. The van der Waals surface area contributed by atoms with Crippen LogP contribution in [0.3, 0.4) is 0 Å². The first kappa shape index (κ1) is 15.8. The van der Waals surface area contributed by atoms with Gasteiger partial charge in [0.25, 0.3) is 0 Å². The van der Waals surface area contributed by atoms with Gasteiger partial charge in [-0.3, -0.25) is 0 Å². The van der Waals surface area contributed by atoms with E-state index in [1.807, 2.05) is 13.8 Å². The van der Waals surface area contributed by atoms with Crippen molar-refractivity contribution in [1.82, 2.24) is 0 Å². The zero-order valence-corrected chi connectivity index (χ0v) is 12.7. The van der Waals surface area contributed by atoms with Gasteiger partial charge in [0.2, 0.25) is 0 Å². The monoisotopic (exact) mass is 290 g/mol. The Morgan fingerprint density at radius 2 is 2.24 bits per heavy atom. The number of aliphatic hydroxyl groups excluding tert-OH is 2. The zero-order valence-electron chi connectivity index (χ0n) is 12.7. The van der Waals surface area contributed by atoms with Crippen LogP contribution in [-0.4, -0.2) is 41.6 Å². The minimum absolute atomic E-state index is 0.0537. The van der Waals surface area contributed by atoms with Crippen molar-refractivity contribution in [2.45, 2.75) is 38.6 Å². The first-order valence-electron chi connectivity index (χ1n) is 7.12. The molecule has 1 fully saturated rings. The summed E-state index contributed by atoms with van der Waals surface area (Å²) in [5.41, 5.74) is 1.77. The van der Waals surface area contributed by atoms with E-state index in [4.69, 9.17) is 10.00 Å². The molecule has 0 amide bonds. The fraction of sp³-hybridized carbons (Fsp3) is 0.562. The van der Waals surface area contributed by atoms with Crippen LogP contribution in [0.5, 0.6) is 0 Å². The van der Waals surface area contributed by atoms with Crippen LogP contribution in [0.25, 0.3) is 0 Å². The molecule has 2 rings (SSSR count). The van der Waals surface area contributed by atoms with E-state index in [0.29, 0.717) is 18.7 Å². The van der Waals surface area contributed by atoms with Crippen LogP contribution in [0.15, 0.2) is 18.2 Å². The number of anilines is 1. The topological polar surface area (TPSA) is 76.7 Å². The quantitative estimate of drug-likeness (QED) is 0.884. The number of hydrogen-bond acceptors (Lipinski definition) is 5. The highest BCUT2D eigenvalue weighted by Crippen LogP contribution is 2.32. The van der Waals surface area contributed by atoms with Gasteiger partial charge in [-0.25, -0.2) is 0 Å². The second-order valence-electron chi connectivity index (χ2n) is 6.12. The Morgan fingerprint density at radius 3 is 2.81 bits per heavy atom. The van der Waals surface area contributed by atoms with Crippen molar-refractivity contribution in [3.8, 4) is 6.07 Å². The highest BCUT2D eigenvalue weighted by Gasteiger charge is 2.34. The van der Waals surface area contributed by atoms with Crippen molar-refractivity contribution in [3.63, 3.8) is 0 Å². The van der Waals surface area contributed by atoms with Gasteiger partial charge in [0.15, 0.2) is 0 Å². The minimum Gasteiger partial charge on any atom is -0.394 e. The SMILES string of the molecule is C[C@@H](O)c1ccc(C#N)cc1N1CC(CO)OC(C)(C)C1. The molecule has 1 saturated heterocycles. The summed E-state index contributed by atoms with van der Waals surface area (Å²) in [5.74, 6) is 0. The molecule has 1 aliphatic rings. The third kappa shape index (κ3) is 3.53. The molecule has 0 saturated carbocycles. The lowest BCUT2D eigenvalue weighted by molar-refractivity contribution is -0.101. The molecule has 0 bridgehead atoms. The third-order valence-electron chi connectivity index (χ3n) is 3.64. The molecule has 21 heavy (non-hydrogen) atoms. The van der Waals surface area contributed by atoms with Crippen molar-refractivity contribution in [1.29, 1.82) is 5.26 Å². The molecule has 2 N–H and O–H groups in total. The molecular formula is C16H22N2O3. The summed E-state index contributed by atoms with van der Waals surface area (Å²) in [6.07, 6.45) is -0.896. The molecule has 1 unspecified atom stereocenters. The fourth-order valence-corrected chi connectivity index (χ4v) is 2.81. The van der Waals surface area contributed by atoms with Crippen molar-refractivity contribution in [2.24, 2.45) is 0 Å². The van der Waals surface area contributed by atoms with Gasteiger partial charge >= 0.3 is 0 Å². The number of nitriles is 1. The van der Waals surface area contributed by atoms with E-state index in [0.717, 1.165) is 11.3 Å². The van der Waals surface area contributed by atoms with Crippen molar-refractivity contribution in [3.05, 3.63) is 29.3 Å². The lowest BCUT2D eigenvalue weighted by Crippen LogP contribution is -2.54. The molecule has 1 aromatic rings. The number of nitrogens with zero attached hydrogens (tertiary/aromatic N) is 2. The summed E-state index contributed by atoms with van der Waals surface area (Å²) in [4.78, 5) is 2.08. The minimum atomic E-state index is -0.619. The fourth-order valence-electron chi connectivity index (χ4n) is 2.81. The molecule has 114 valence electrons. The normalized spacial score (nSPS) is 22.7. The molecule has 5 nitrogen and oxygen atoms in total. The molecule has 1 aromatic carbocycles. The van der Waals surface area contributed by atoms with Gasteiger partial charge in [-0.15, -0.1) is 0 Å². The second-order valence-corrected chi connectivity index (χ2v) is 6.12. The van der Waals surface area contributed by atoms with Crippen LogP contribution >= 0.6 is 0 Å². The first-order chi connectivity index (χ1) is 9.86. The average Bonchev–Trinajstić information content (AvgIpc) is 2.44. The zero-order chi connectivity index (χ0) is 15.6. The molecule has 0 aromatic heterocycles. The number of hydrogen-bond donors (Lipinski definition) is 2. The summed E-state index contributed by atoms with van der Waals surface area (Å²) in [6, 6.07) is 7.41. The number of morpholine rings is 1. The van der Waals surface area contributed by atoms with Gasteiger partial charge in [0, 0.05) is 24.3 Å². The number of ether oxygens (including phenoxy) is 1. The van der Waals surface area contributed by atoms with Crippen molar-refractivity contribution < 1.29 is 14.9 Å². The highest BCUT2D eigenvalue weighted by atomic mass is 16.5. The van der Waals surface area contributed by atoms with E-state index in [1.54, 1.807) is 25.1 Å². The van der Waals surface area contributed by atoms with E-state index >= 15 is 0 Å². The molecular weight excluding hydrogens is 268 g/mol. The van der Waals surface area contributed by atoms with Crippen LogP contribution in [0.4, 0.5) is 5.69 Å². The smallest absolute Gasteiger partial charge is 0.0992 e. The molecule has 1 heterocycles. The van der Waals surface area contributed by atoms with Crippen LogP contribution in [0, 0.1) is 11.3 Å². The molecule has 0 spiro atoms. The maximum absolute atomic E-state index is 9.96. The Bertz CT molecular complexity index is 549. The standard InChI is InChI=1S/C16H22N2O3/c1-11(20)14-5-4-12(7-17)6-15(14)18-8-13(9-19)21-16(2,3)10-18/h4-6,11,13,19-20H,8-10H2,1-3H3/t11-,13?/m1/s1.